The summed E-state index contributed by atoms with van der Waals surface area (Å²) in [5.41, 5.74) is 4.76. The summed E-state index contributed by atoms with van der Waals surface area (Å²) in [5.74, 6) is 3.98. The number of nitrogens with two attached hydrogens (primary N) is 1. The van der Waals surface area contributed by atoms with Crippen LogP contribution in [0.3, 0.4) is 0 Å². The van der Waals surface area contributed by atoms with Gasteiger partial charge in [-0.1, -0.05) is 12.5 Å². The molecule has 5 heteroatoms. The lowest BCUT2D eigenvalue weighted by atomic mass is 10.0. The average Bonchev–Trinajstić information content (AvgIpc) is 2.74. The molecule has 112 valence electrons. The molecular weight excluding hydrogens is 290 g/mol. The van der Waals surface area contributed by atoms with E-state index in [-0.39, 0.29) is 6.04 Å². The number of halogens is 2. The summed E-state index contributed by atoms with van der Waals surface area (Å²) < 4.78 is 26.5. The molecule has 0 saturated carbocycles. The summed E-state index contributed by atoms with van der Waals surface area (Å²) in [6, 6.07) is 5.81. The number of nitrogens with one attached hydrogen (secondary N) is 1. The van der Waals surface area contributed by atoms with Crippen LogP contribution in [0.1, 0.15) is 46.2 Å². The van der Waals surface area contributed by atoms with Gasteiger partial charge in [0.1, 0.15) is 0 Å². The number of hydrogen-bond donors (Lipinski definition) is 2. The van der Waals surface area contributed by atoms with Crippen LogP contribution in [0.15, 0.2) is 24.3 Å². The Bertz CT molecular complexity index is 616. The summed E-state index contributed by atoms with van der Waals surface area (Å²) in [7, 11) is 0. The standard InChI is InChI=1S/C16H18F2N2S/c17-12-7-6-11(8-13(12)18)16(20-19)15-9-10-4-2-1-3-5-14(10)21-15/h6-9,16,20H,1-5,19H2. The monoisotopic (exact) mass is 308 g/mol. The van der Waals surface area contributed by atoms with Crippen molar-refractivity contribution in [1.82, 2.24) is 5.43 Å². The second-order valence-corrected chi connectivity index (χ2v) is 6.60. The van der Waals surface area contributed by atoms with Gasteiger partial charge in [0, 0.05) is 9.75 Å². The number of rotatable bonds is 3. The van der Waals surface area contributed by atoms with Crippen LogP contribution in [-0.4, -0.2) is 0 Å². The lowest BCUT2D eigenvalue weighted by molar-refractivity contribution is 0.504. The van der Waals surface area contributed by atoms with Gasteiger partial charge < -0.3 is 0 Å². The Morgan fingerprint density at radius 2 is 1.86 bits per heavy atom. The van der Waals surface area contributed by atoms with Crippen molar-refractivity contribution in [2.45, 2.75) is 38.1 Å². The predicted molar refractivity (Wildman–Crippen MR) is 81.1 cm³/mol. The van der Waals surface area contributed by atoms with Crippen LogP contribution >= 0.6 is 11.3 Å². The molecule has 1 atom stereocenters. The number of fused-ring (bicyclic) bond motifs is 1. The van der Waals surface area contributed by atoms with Crippen LogP contribution in [-0.2, 0) is 12.8 Å². The van der Waals surface area contributed by atoms with E-state index in [1.165, 1.54) is 35.8 Å². The number of benzene rings is 1. The third-order valence-electron chi connectivity index (χ3n) is 3.99. The highest BCUT2D eigenvalue weighted by molar-refractivity contribution is 7.12. The number of aryl methyl sites for hydroxylation is 2. The zero-order chi connectivity index (χ0) is 14.8. The van der Waals surface area contributed by atoms with Gasteiger partial charge in [0.25, 0.3) is 0 Å². The lowest BCUT2D eigenvalue weighted by Crippen LogP contribution is -2.28. The van der Waals surface area contributed by atoms with Crippen LogP contribution in [0, 0.1) is 11.6 Å². The van der Waals surface area contributed by atoms with Gasteiger partial charge in [-0.25, -0.2) is 14.2 Å². The maximum absolute atomic E-state index is 13.4. The molecule has 2 aromatic rings. The summed E-state index contributed by atoms with van der Waals surface area (Å²) in [6.07, 6.45) is 5.92. The first kappa shape index (κ1) is 14.6. The zero-order valence-corrected chi connectivity index (χ0v) is 12.5. The van der Waals surface area contributed by atoms with Crippen LogP contribution in [0.25, 0.3) is 0 Å². The molecule has 0 bridgehead atoms. The van der Waals surface area contributed by atoms with E-state index in [0.717, 1.165) is 23.8 Å². The zero-order valence-electron chi connectivity index (χ0n) is 11.7. The largest absolute Gasteiger partial charge is 0.271 e. The van der Waals surface area contributed by atoms with E-state index in [0.29, 0.717) is 5.56 Å². The Kier molecular flexibility index (Phi) is 4.33. The second-order valence-electron chi connectivity index (χ2n) is 5.43. The minimum absolute atomic E-state index is 0.294. The molecule has 0 radical (unpaired) electrons. The fourth-order valence-electron chi connectivity index (χ4n) is 2.87. The molecule has 1 unspecified atom stereocenters. The molecule has 21 heavy (non-hydrogen) atoms. The predicted octanol–water partition coefficient (Wildman–Crippen LogP) is 3.85. The fraction of sp³-hybridized carbons (Fsp3) is 0.375. The molecule has 1 heterocycles. The molecule has 0 fully saturated rings. The van der Waals surface area contributed by atoms with Crippen LogP contribution in [0.5, 0.6) is 0 Å². The summed E-state index contributed by atoms with van der Waals surface area (Å²) in [4.78, 5) is 2.47. The van der Waals surface area contributed by atoms with Gasteiger partial charge in [0.05, 0.1) is 6.04 Å². The number of thiophene rings is 1. The Hall–Kier alpha value is -1.30. The maximum atomic E-state index is 13.4. The van der Waals surface area contributed by atoms with Gasteiger partial charge in [-0.3, -0.25) is 5.84 Å². The first-order valence-corrected chi connectivity index (χ1v) is 8.03. The lowest BCUT2D eigenvalue weighted by Gasteiger charge is -2.15. The van der Waals surface area contributed by atoms with E-state index in [1.807, 2.05) is 0 Å². The maximum Gasteiger partial charge on any atom is 0.159 e. The van der Waals surface area contributed by atoms with E-state index < -0.39 is 11.6 Å². The van der Waals surface area contributed by atoms with Crippen molar-refractivity contribution < 1.29 is 8.78 Å². The van der Waals surface area contributed by atoms with Gasteiger partial charge in [-0.2, -0.15) is 0 Å². The molecule has 3 N–H and O–H groups in total. The van der Waals surface area contributed by atoms with Gasteiger partial charge in [-0.15, -0.1) is 11.3 Å². The van der Waals surface area contributed by atoms with Crippen LogP contribution in [0.4, 0.5) is 8.78 Å². The second kappa shape index (κ2) is 6.22. The van der Waals surface area contributed by atoms with Gasteiger partial charge in [0.15, 0.2) is 11.6 Å². The fourth-order valence-corrected chi connectivity index (χ4v) is 4.21. The molecule has 0 aliphatic heterocycles. The van der Waals surface area contributed by atoms with Crippen molar-refractivity contribution in [3.05, 3.63) is 56.8 Å². The molecule has 1 aromatic carbocycles. The first-order chi connectivity index (χ1) is 10.2. The average molecular weight is 308 g/mol. The Morgan fingerprint density at radius 3 is 2.62 bits per heavy atom. The highest BCUT2D eigenvalue weighted by Gasteiger charge is 2.20. The van der Waals surface area contributed by atoms with E-state index in [1.54, 1.807) is 17.4 Å². The topological polar surface area (TPSA) is 38.0 Å². The molecule has 1 aromatic heterocycles. The summed E-state index contributed by atoms with van der Waals surface area (Å²) >= 11 is 1.73. The van der Waals surface area contributed by atoms with Crippen molar-refractivity contribution in [2.75, 3.05) is 0 Å². The molecule has 1 aliphatic carbocycles. The normalized spacial score (nSPS) is 16.3. The Labute approximate surface area is 127 Å². The third-order valence-corrected chi connectivity index (χ3v) is 5.30. The van der Waals surface area contributed by atoms with Crippen molar-refractivity contribution in [3.8, 4) is 0 Å². The molecule has 3 rings (SSSR count). The third kappa shape index (κ3) is 3.00. The van der Waals surface area contributed by atoms with E-state index in [4.69, 9.17) is 5.84 Å². The van der Waals surface area contributed by atoms with Gasteiger partial charge in [-0.05, 0) is 55.0 Å². The van der Waals surface area contributed by atoms with Crippen molar-refractivity contribution >= 4 is 11.3 Å². The minimum Gasteiger partial charge on any atom is -0.271 e. The van der Waals surface area contributed by atoms with E-state index in [2.05, 4.69) is 11.5 Å². The van der Waals surface area contributed by atoms with Crippen molar-refractivity contribution in [3.63, 3.8) is 0 Å². The smallest absolute Gasteiger partial charge is 0.159 e. The highest BCUT2D eigenvalue weighted by Crippen LogP contribution is 2.34. The minimum atomic E-state index is -0.842. The van der Waals surface area contributed by atoms with Gasteiger partial charge in [0.2, 0.25) is 0 Å². The Morgan fingerprint density at radius 1 is 1.05 bits per heavy atom. The van der Waals surface area contributed by atoms with Crippen molar-refractivity contribution in [1.29, 1.82) is 0 Å². The molecule has 0 amide bonds. The number of hydrazine groups is 1. The SMILES string of the molecule is NNC(c1ccc(F)c(F)c1)c1cc2c(s1)CCCCC2. The quantitative estimate of drug-likeness (QED) is 0.513. The summed E-state index contributed by atoms with van der Waals surface area (Å²) in [6.45, 7) is 0. The van der Waals surface area contributed by atoms with E-state index >= 15 is 0 Å². The molecule has 2 nitrogen and oxygen atoms in total. The number of hydrogen-bond acceptors (Lipinski definition) is 3. The molecular formula is C16H18F2N2S. The molecule has 0 saturated heterocycles. The highest BCUT2D eigenvalue weighted by atomic mass is 32.1. The molecule has 0 spiro atoms. The van der Waals surface area contributed by atoms with E-state index in [9.17, 15) is 8.78 Å². The van der Waals surface area contributed by atoms with Crippen molar-refractivity contribution in [2.24, 2.45) is 5.84 Å². The summed E-state index contributed by atoms with van der Waals surface area (Å²) in [5, 5.41) is 0. The van der Waals surface area contributed by atoms with Gasteiger partial charge >= 0.3 is 0 Å². The van der Waals surface area contributed by atoms with Crippen LogP contribution < -0.4 is 11.3 Å². The first-order valence-electron chi connectivity index (χ1n) is 7.21. The Balaban J connectivity index is 1.94. The molecule has 1 aliphatic rings. The van der Waals surface area contributed by atoms with Crippen LogP contribution in [0.2, 0.25) is 0 Å².